The molecule has 1 aliphatic carbocycles. The molecule has 1 saturated carbocycles. The van der Waals surface area contributed by atoms with Crippen molar-refractivity contribution in [3.63, 3.8) is 0 Å². The molecular formula is C11H16O2S. The van der Waals surface area contributed by atoms with Crippen LogP contribution in [0.25, 0.3) is 0 Å². The molecule has 1 aliphatic rings. The second kappa shape index (κ2) is 3.65. The molecule has 0 saturated heterocycles. The number of methoxy groups -OCH3 is 1. The van der Waals surface area contributed by atoms with E-state index in [9.17, 15) is 5.11 Å². The van der Waals surface area contributed by atoms with Crippen molar-refractivity contribution in [1.29, 1.82) is 0 Å². The molecule has 0 aliphatic heterocycles. The minimum Gasteiger partial charge on any atom is -0.382 e. The van der Waals surface area contributed by atoms with E-state index in [1.165, 1.54) is 4.88 Å². The molecule has 0 bridgehead atoms. The van der Waals surface area contributed by atoms with Crippen LogP contribution in [0.4, 0.5) is 0 Å². The third-order valence-corrected chi connectivity index (χ3v) is 3.95. The van der Waals surface area contributed by atoms with Crippen LogP contribution in [-0.2, 0) is 10.3 Å². The van der Waals surface area contributed by atoms with Crippen LogP contribution in [0.15, 0.2) is 12.1 Å². The molecule has 1 aromatic heterocycles. The predicted molar refractivity (Wildman–Crippen MR) is 57.6 cm³/mol. The maximum absolute atomic E-state index is 10.5. The van der Waals surface area contributed by atoms with Gasteiger partial charge in [-0.15, -0.1) is 11.3 Å². The lowest BCUT2D eigenvalue weighted by molar-refractivity contribution is -0.0505. The van der Waals surface area contributed by atoms with Gasteiger partial charge in [-0.2, -0.15) is 0 Å². The zero-order valence-corrected chi connectivity index (χ0v) is 9.43. The Kier molecular flexibility index (Phi) is 2.64. The minimum absolute atomic E-state index is 0.403. The van der Waals surface area contributed by atoms with Crippen molar-refractivity contribution < 1.29 is 9.84 Å². The summed E-state index contributed by atoms with van der Waals surface area (Å²) in [5.41, 5.74) is -0.728. The van der Waals surface area contributed by atoms with Crippen LogP contribution in [0.3, 0.4) is 0 Å². The maximum atomic E-state index is 10.5. The second-order valence-corrected chi connectivity index (χ2v) is 5.33. The van der Waals surface area contributed by atoms with Crippen molar-refractivity contribution in [2.75, 3.05) is 13.7 Å². The molecule has 0 spiro atoms. The Morgan fingerprint density at radius 3 is 2.71 bits per heavy atom. The number of rotatable bonds is 4. The van der Waals surface area contributed by atoms with E-state index >= 15 is 0 Å². The van der Waals surface area contributed by atoms with E-state index in [1.54, 1.807) is 18.4 Å². The number of hydrogen-bond donors (Lipinski definition) is 1. The third kappa shape index (κ3) is 1.72. The fourth-order valence-corrected chi connectivity index (χ4v) is 2.86. The van der Waals surface area contributed by atoms with Gasteiger partial charge in [0.1, 0.15) is 5.60 Å². The van der Waals surface area contributed by atoms with Crippen molar-refractivity contribution >= 4 is 11.3 Å². The van der Waals surface area contributed by atoms with E-state index in [0.717, 1.165) is 17.7 Å². The first kappa shape index (κ1) is 10.1. The largest absolute Gasteiger partial charge is 0.382 e. The summed E-state index contributed by atoms with van der Waals surface area (Å²) in [6.45, 7) is 2.48. The zero-order valence-electron chi connectivity index (χ0n) is 8.62. The SMILES string of the molecule is COCC(O)(c1ccc(C)s1)C1CC1. The van der Waals surface area contributed by atoms with Crippen LogP contribution in [0.2, 0.25) is 0 Å². The van der Waals surface area contributed by atoms with Gasteiger partial charge >= 0.3 is 0 Å². The minimum atomic E-state index is -0.728. The average molecular weight is 212 g/mol. The van der Waals surface area contributed by atoms with E-state index in [1.807, 2.05) is 6.07 Å². The summed E-state index contributed by atoms with van der Waals surface area (Å²) in [7, 11) is 1.65. The van der Waals surface area contributed by atoms with Gasteiger partial charge in [0.05, 0.1) is 6.61 Å². The number of aliphatic hydroxyl groups is 1. The van der Waals surface area contributed by atoms with Crippen LogP contribution in [0.1, 0.15) is 22.6 Å². The Bertz CT molecular complexity index is 317. The van der Waals surface area contributed by atoms with Gasteiger partial charge in [-0.05, 0) is 37.8 Å². The first-order valence-corrected chi connectivity index (χ1v) is 5.76. The monoisotopic (exact) mass is 212 g/mol. The van der Waals surface area contributed by atoms with Crippen molar-refractivity contribution in [3.8, 4) is 0 Å². The molecule has 1 fully saturated rings. The fourth-order valence-electron chi connectivity index (χ4n) is 1.84. The summed E-state index contributed by atoms with van der Waals surface area (Å²) in [5.74, 6) is 0.403. The van der Waals surface area contributed by atoms with Crippen LogP contribution >= 0.6 is 11.3 Å². The summed E-state index contributed by atoms with van der Waals surface area (Å²) >= 11 is 1.67. The maximum Gasteiger partial charge on any atom is 0.125 e. The predicted octanol–water partition coefficient (Wildman–Crippen LogP) is 2.30. The first-order valence-electron chi connectivity index (χ1n) is 4.95. The summed E-state index contributed by atoms with van der Waals surface area (Å²) in [6, 6.07) is 4.08. The Morgan fingerprint density at radius 2 is 2.29 bits per heavy atom. The molecule has 0 radical (unpaired) electrons. The van der Waals surface area contributed by atoms with Gasteiger partial charge in [0.15, 0.2) is 0 Å². The highest BCUT2D eigenvalue weighted by molar-refractivity contribution is 7.12. The molecule has 1 atom stereocenters. The molecule has 14 heavy (non-hydrogen) atoms. The summed E-state index contributed by atoms with van der Waals surface area (Å²) in [5, 5.41) is 10.5. The molecule has 0 amide bonds. The van der Waals surface area contributed by atoms with Crippen molar-refractivity contribution in [1.82, 2.24) is 0 Å². The topological polar surface area (TPSA) is 29.5 Å². The Labute approximate surface area is 88.5 Å². The molecule has 1 heterocycles. The van der Waals surface area contributed by atoms with E-state index in [2.05, 4.69) is 13.0 Å². The second-order valence-electron chi connectivity index (χ2n) is 4.04. The zero-order chi connectivity index (χ0) is 10.2. The number of ether oxygens (including phenoxy) is 1. The van der Waals surface area contributed by atoms with Crippen LogP contribution in [-0.4, -0.2) is 18.8 Å². The lowest BCUT2D eigenvalue weighted by Crippen LogP contribution is -2.32. The smallest absolute Gasteiger partial charge is 0.125 e. The lowest BCUT2D eigenvalue weighted by atomic mass is 9.97. The van der Waals surface area contributed by atoms with Crippen LogP contribution < -0.4 is 0 Å². The third-order valence-electron chi connectivity index (χ3n) is 2.78. The van der Waals surface area contributed by atoms with Crippen molar-refractivity contribution in [2.24, 2.45) is 5.92 Å². The highest BCUT2D eigenvalue weighted by Gasteiger charge is 2.46. The molecule has 2 nitrogen and oxygen atoms in total. The summed E-state index contributed by atoms with van der Waals surface area (Å²) in [6.07, 6.45) is 2.24. The normalized spacial score (nSPS) is 20.8. The van der Waals surface area contributed by atoms with Gasteiger partial charge in [-0.25, -0.2) is 0 Å². The van der Waals surface area contributed by atoms with Crippen molar-refractivity contribution in [3.05, 3.63) is 21.9 Å². The van der Waals surface area contributed by atoms with Gasteiger partial charge in [0, 0.05) is 16.9 Å². The quantitative estimate of drug-likeness (QED) is 0.830. The molecule has 78 valence electrons. The highest BCUT2D eigenvalue weighted by atomic mass is 32.1. The molecule has 3 heteroatoms. The highest BCUT2D eigenvalue weighted by Crippen LogP contribution is 2.47. The fraction of sp³-hybridized carbons (Fsp3) is 0.636. The van der Waals surface area contributed by atoms with Gasteiger partial charge in [-0.1, -0.05) is 0 Å². The van der Waals surface area contributed by atoms with Crippen LogP contribution in [0, 0.1) is 12.8 Å². The standard InChI is InChI=1S/C11H16O2S/c1-8-3-6-10(14-8)11(12,7-13-2)9-4-5-9/h3,6,9,12H,4-5,7H2,1-2H3. The molecule has 1 aromatic rings. The number of thiophene rings is 1. The van der Waals surface area contributed by atoms with E-state index in [4.69, 9.17) is 4.74 Å². The van der Waals surface area contributed by atoms with Gasteiger partial charge < -0.3 is 9.84 Å². The van der Waals surface area contributed by atoms with Gasteiger partial charge in [0.25, 0.3) is 0 Å². The number of hydrogen-bond acceptors (Lipinski definition) is 3. The van der Waals surface area contributed by atoms with Gasteiger partial charge in [0.2, 0.25) is 0 Å². The first-order chi connectivity index (χ1) is 6.66. The summed E-state index contributed by atoms with van der Waals surface area (Å²) < 4.78 is 5.13. The molecule has 2 rings (SSSR count). The molecule has 1 unspecified atom stereocenters. The van der Waals surface area contributed by atoms with Crippen molar-refractivity contribution in [2.45, 2.75) is 25.4 Å². The van der Waals surface area contributed by atoms with Gasteiger partial charge in [-0.3, -0.25) is 0 Å². The molecule has 1 N–H and O–H groups in total. The average Bonchev–Trinajstić information content (AvgIpc) is 2.90. The Hall–Kier alpha value is -0.380. The van der Waals surface area contributed by atoms with E-state index in [-0.39, 0.29) is 0 Å². The Morgan fingerprint density at radius 1 is 1.57 bits per heavy atom. The molecular weight excluding hydrogens is 196 g/mol. The Balaban J connectivity index is 2.25. The van der Waals surface area contributed by atoms with E-state index < -0.39 is 5.60 Å². The number of aryl methyl sites for hydroxylation is 1. The van der Waals surface area contributed by atoms with E-state index in [0.29, 0.717) is 12.5 Å². The molecule has 0 aromatic carbocycles. The summed E-state index contributed by atoms with van der Waals surface area (Å²) in [4.78, 5) is 2.30. The lowest BCUT2D eigenvalue weighted by Gasteiger charge is -2.26. The van der Waals surface area contributed by atoms with Crippen LogP contribution in [0.5, 0.6) is 0 Å².